The highest BCUT2D eigenvalue weighted by molar-refractivity contribution is 7.99. The molecule has 2 aromatic carbocycles. The molecular weight excluding hydrogens is 374 g/mol. The highest BCUT2D eigenvalue weighted by Gasteiger charge is 2.16. The third-order valence-corrected chi connectivity index (χ3v) is 5.54. The van der Waals surface area contributed by atoms with Crippen molar-refractivity contribution in [2.24, 2.45) is 0 Å². The lowest BCUT2D eigenvalue weighted by atomic mass is 10.1. The van der Waals surface area contributed by atoms with E-state index in [1.54, 1.807) is 0 Å². The van der Waals surface area contributed by atoms with Gasteiger partial charge >= 0.3 is 0 Å². The summed E-state index contributed by atoms with van der Waals surface area (Å²) in [6.07, 6.45) is 1.09. The second kappa shape index (κ2) is 8.48. The molecule has 0 N–H and O–H groups in total. The van der Waals surface area contributed by atoms with Gasteiger partial charge in [-0.15, -0.1) is 10.2 Å². The molecule has 7 heteroatoms. The number of nitrogens with zero attached hydrogens (tertiary/aromatic N) is 3. The average molecular weight is 395 g/mol. The Morgan fingerprint density at radius 3 is 2.71 bits per heavy atom. The van der Waals surface area contributed by atoms with Gasteiger partial charge in [-0.2, -0.15) is 0 Å². The number of hydrogen-bond acceptors (Lipinski definition) is 6. The van der Waals surface area contributed by atoms with E-state index in [4.69, 9.17) is 9.47 Å². The predicted molar refractivity (Wildman–Crippen MR) is 107 cm³/mol. The van der Waals surface area contributed by atoms with E-state index in [0.29, 0.717) is 17.9 Å². The number of carbonyl (C=O) groups excluding carboxylic acids is 1. The maximum Gasteiger partial charge on any atom is 0.231 e. The van der Waals surface area contributed by atoms with Gasteiger partial charge in [0.2, 0.25) is 6.79 Å². The van der Waals surface area contributed by atoms with Crippen LogP contribution in [-0.2, 0) is 24.2 Å². The molecule has 0 spiro atoms. The summed E-state index contributed by atoms with van der Waals surface area (Å²) >= 11 is 1.44. The minimum absolute atomic E-state index is 0.138. The van der Waals surface area contributed by atoms with Gasteiger partial charge in [-0.05, 0) is 30.2 Å². The summed E-state index contributed by atoms with van der Waals surface area (Å²) in [5, 5.41) is 9.42. The van der Waals surface area contributed by atoms with E-state index in [9.17, 15) is 4.79 Å². The molecule has 3 aromatic rings. The minimum atomic E-state index is 0.138. The number of ketones is 1. The smallest absolute Gasteiger partial charge is 0.231 e. The first kappa shape index (κ1) is 18.6. The monoisotopic (exact) mass is 395 g/mol. The maximum absolute atomic E-state index is 12.4. The van der Waals surface area contributed by atoms with Crippen molar-refractivity contribution in [3.63, 3.8) is 0 Å². The zero-order chi connectivity index (χ0) is 19.3. The summed E-state index contributed by atoms with van der Waals surface area (Å²) < 4.78 is 12.8. The zero-order valence-corrected chi connectivity index (χ0v) is 16.4. The zero-order valence-electron chi connectivity index (χ0n) is 15.6. The standard InChI is InChI=1S/C21H21N3O3S/c1-2-24-20(12-15-6-4-3-5-7-15)22-23-21(24)28-13-17(25)10-16-8-9-18-19(11-16)27-14-26-18/h3-9,11H,2,10,12-14H2,1H3. The van der Waals surface area contributed by atoms with Crippen LogP contribution in [0.3, 0.4) is 0 Å². The van der Waals surface area contributed by atoms with E-state index in [2.05, 4.69) is 33.8 Å². The van der Waals surface area contributed by atoms with E-state index >= 15 is 0 Å². The Kier molecular flexibility index (Phi) is 5.62. The molecule has 4 rings (SSSR count). The second-order valence-electron chi connectivity index (χ2n) is 6.50. The van der Waals surface area contributed by atoms with Crippen molar-refractivity contribution in [1.82, 2.24) is 14.8 Å². The SMILES string of the molecule is CCn1c(Cc2ccccc2)nnc1SCC(=O)Cc1ccc2c(c1)OCO2. The Labute approximate surface area is 167 Å². The number of Topliss-reactive ketones (excluding diaryl/α,β-unsaturated/α-hetero) is 1. The Balaban J connectivity index is 1.37. The van der Waals surface area contributed by atoms with Crippen molar-refractivity contribution < 1.29 is 14.3 Å². The van der Waals surface area contributed by atoms with Crippen LogP contribution in [0, 0.1) is 0 Å². The van der Waals surface area contributed by atoms with Gasteiger partial charge in [0.05, 0.1) is 5.75 Å². The van der Waals surface area contributed by atoms with Gasteiger partial charge < -0.3 is 14.0 Å². The fraction of sp³-hybridized carbons (Fsp3) is 0.286. The van der Waals surface area contributed by atoms with Crippen molar-refractivity contribution >= 4 is 17.5 Å². The molecule has 6 nitrogen and oxygen atoms in total. The number of fused-ring (bicyclic) bond motifs is 1. The van der Waals surface area contributed by atoms with Gasteiger partial charge in [-0.3, -0.25) is 4.79 Å². The van der Waals surface area contributed by atoms with Crippen LogP contribution in [0.4, 0.5) is 0 Å². The van der Waals surface area contributed by atoms with Crippen LogP contribution >= 0.6 is 11.8 Å². The van der Waals surface area contributed by atoms with Crippen LogP contribution in [-0.4, -0.2) is 33.1 Å². The molecule has 0 amide bonds. The predicted octanol–water partition coefficient (Wildman–Crippen LogP) is 3.52. The Morgan fingerprint density at radius 1 is 1.07 bits per heavy atom. The normalized spacial score (nSPS) is 12.3. The third kappa shape index (κ3) is 4.20. The molecule has 144 valence electrons. The first-order valence-electron chi connectivity index (χ1n) is 9.22. The van der Waals surface area contributed by atoms with Crippen LogP contribution in [0.25, 0.3) is 0 Å². The largest absolute Gasteiger partial charge is 0.454 e. The summed E-state index contributed by atoms with van der Waals surface area (Å²) in [5.41, 5.74) is 2.12. The lowest BCUT2D eigenvalue weighted by Gasteiger charge is -2.07. The van der Waals surface area contributed by atoms with Crippen molar-refractivity contribution in [1.29, 1.82) is 0 Å². The molecule has 0 bridgehead atoms. The van der Waals surface area contributed by atoms with Crippen LogP contribution in [0.5, 0.6) is 11.5 Å². The molecule has 0 atom stereocenters. The highest BCUT2D eigenvalue weighted by atomic mass is 32.2. The van der Waals surface area contributed by atoms with E-state index in [1.165, 1.54) is 17.3 Å². The lowest BCUT2D eigenvalue weighted by Crippen LogP contribution is -2.08. The number of thioether (sulfide) groups is 1. The first-order chi connectivity index (χ1) is 13.7. The van der Waals surface area contributed by atoms with Crippen LogP contribution in [0.15, 0.2) is 53.7 Å². The van der Waals surface area contributed by atoms with Gasteiger partial charge in [0.25, 0.3) is 0 Å². The topological polar surface area (TPSA) is 66.2 Å². The number of rotatable bonds is 8. The molecule has 1 aliphatic rings. The molecule has 2 heterocycles. The Hall–Kier alpha value is -2.80. The summed E-state index contributed by atoms with van der Waals surface area (Å²) in [4.78, 5) is 12.4. The molecule has 0 unspecified atom stereocenters. The summed E-state index contributed by atoms with van der Waals surface area (Å²) in [7, 11) is 0. The number of carbonyl (C=O) groups is 1. The quantitative estimate of drug-likeness (QED) is 0.544. The average Bonchev–Trinajstić information content (AvgIpc) is 3.33. The summed E-state index contributed by atoms with van der Waals surface area (Å²) in [6, 6.07) is 15.8. The molecule has 1 aromatic heterocycles. The van der Waals surface area contributed by atoms with Gasteiger partial charge in [0, 0.05) is 19.4 Å². The molecule has 0 radical (unpaired) electrons. The molecular formula is C21H21N3O3S. The number of aromatic nitrogens is 3. The summed E-state index contributed by atoms with van der Waals surface area (Å²) in [5.74, 6) is 2.85. The van der Waals surface area contributed by atoms with E-state index in [0.717, 1.165) is 35.3 Å². The molecule has 0 aliphatic carbocycles. The maximum atomic E-state index is 12.4. The van der Waals surface area contributed by atoms with Gasteiger partial charge in [0.1, 0.15) is 11.6 Å². The van der Waals surface area contributed by atoms with Crippen LogP contribution in [0.1, 0.15) is 23.9 Å². The fourth-order valence-electron chi connectivity index (χ4n) is 3.13. The van der Waals surface area contributed by atoms with Crippen LogP contribution in [0.2, 0.25) is 0 Å². The lowest BCUT2D eigenvalue weighted by molar-refractivity contribution is -0.116. The van der Waals surface area contributed by atoms with Crippen molar-refractivity contribution in [3.8, 4) is 11.5 Å². The number of hydrogen-bond donors (Lipinski definition) is 0. The van der Waals surface area contributed by atoms with E-state index in [-0.39, 0.29) is 12.6 Å². The molecule has 0 fully saturated rings. The highest BCUT2D eigenvalue weighted by Crippen LogP contribution is 2.32. The Morgan fingerprint density at radius 2 is 1.89 bits per heavy atom. The van der Waals surface area contributed by atoms with Gasteiger partial charge in [-0.1, -0.05) is 48.2 Å². The van der Waals surface area contributed by atoms with Crippen molar-refractivity contribution in [3.05, 3.63) is 65.5 Å². The fourth-order valence-corrected chi connectivity index (χ4v) is 4.01. The summed E-state index contributed by atoms with van der Waals surface area (Å²) in [6.45, 7) is 3.07. The van der Waals surface area contributed by atoms with Crippen LogP contribution < -0.4 is 9.47 Å². The number of benzene rings is 2. The van der Waals surface area contributed by atoms with Crippen molar-refractivity contribution in [2.45, 2.75) is 31.5 Å². The van der Waals surface area contributed by atoms with Gasteiger partial charge in [-0.25, -0.2) is 0 Å². The molecule has 0 saturated carbocycles. The van der Waals surface area contributed by atoms with E-state index in [1.807, 2.05) is 36.4 Å². The van der Waals surface area contributed by atoms with Gasteiger partial charge in [0.15, 0.2) is 16.7 Å². The number of ether oxygens (including phenoxy) is 2. The minimum Gasteiger partial charge on any atom is -0.454 e. The first-order valence-corrected chi connectivity index (χ1v) is 10.2. The third-order valence-electron chi connectivity index (χ3n) is 4.52. The molecule has 1 aliphatic heterocycles. The Bertz CT molecular complexity index is 972. The van der Waals surface area contributed by atoms with E-state index < -0.39 is 0 Å². The van der Waals surface area contributed by atoms with Crippen molar-refractivity contribution in [2.75, 3.05) is 12.5 Å². The molecule has 0 saturated heterocycles. The molecule has 28 heavy (non-hydrogen) atoms. The second-order valence-corrected chi connectivity index (χ2v) is 7.44.